The Bertz CT molecular complexity index is 3190. The minimum Gasteiger partial charge on any atom is -0.393 e. The van der Waals surface area contributed by atoms with Gasteiger partial charge in [0, 0.05) is 99.9 Å². The smallest absolute Gasteiger partial charge is 0.233 e. The molecule has 14 atom stereocenters. The van der Waals surface area contributed by atoms with Gasteiger partial charge < -0.3 is 20.0 Å². The predicted molar refractivity (Wildman–Crippen MR) is 294 cm³/mol. The van der Waals surface area contributed by atoms with Gasteiger partial charge in [0.15, 0.2) is 0 Å². The van der Waals surface area contributed by atoms with E-state index in [-0.39, 0.29) is 122 Å². The van der Waals surface area contributed by atoms with Crippen molar-refractivity contribution in [1.29, 1.82) is 0 Å². The van der Waals surface area contributed by atoms with Crippen molar-refractivity contribution in [1.82, 2.24) is 28.3 Å². The molecule has 0 unspecified atom stereocenters. The maximum absolute atomic E-state index is 13.5. The SMILES string of the molecule is Cl.Cl.[2H]C1([2H])N(C[C@@H]2CCCC[C@H]2CN2C(=O)[C@@H]3[C@H]4C[C@@H]([C@@H]3C2=O)[C@@H](O)C4)C([2H])([2H])C([2H])([2H])N(c2nsc3ccccc23)C1([2H])[2H].[2H]C1([2H])N(C[C@@H]2CCCC[C@H]2CN2C(=O)[C@@H]3[C@H]4C[C@H](C[C@H]4O)[C@@H]3C2=O)C([2H])([2H])C([2H])([2H])N(c2nsc3ccccc23)C1([2H])[2H]. The van der Waals surface area contributed by atoms with E-state index in [1.165, 1.54) is 9.80 Å². The quantitative estimate of drug-likeness (QED) is 0.153. The van der Waals surface area contributed by atoms with E-state index in [2.05, 4.69) is 8.75 Å². The fourth-order valence-corrected chi connectivity index (χ4v) is 16.3. The molecular formula is C56H74Cl2N8O6S2. The first-order valence-corrected chi connectivity index (χ1v) is 27.7. The van der Waals surface area contributed by atoms with Crippen molar-refractivity contribution in [2.24, 2.45) is 71.0 Å². The van der Waals surface area contributed by atoms with Gasteiger partial charge in [0.25, 0.3) is 0 Å². The van der Waals surface area contributed by atoms with Gasteiger partial charge in [-0.1, -0.05) is 49.9 Å². The topological polar surface area (TPSA) is 154 Å². The lowest BCUT2D eigenvalue weighted by atomic mass is 9.78. The first-order valence-electron chi connectivity index (χ1n) is 34.1. The molecule has 74 heavy (non-hydrogen) atoms. The molecule has 6 heterocycles. The summed E-state index contributed by atoms with van der Waals surface area (Å²) in [5, 5.41) is 21.6. The van der Waals surface area contributed by atoms with E-state index in [4.69, 9.17) is 21.9 Å². The van der Waals surface area contributed by atoms with Crippen LogP contribution in [0, 0.1) is 71.0 Å². The number of likely N-dealkylation sites (tertiary alicyclic amines) is 2. The summed E-state index contributed by atoms with van der Waals surface area (Å²) in [7, 11) is 0. The zero-order chi connectivity index (χ0) is 63.1. The molecule has 10 fully saturated rings. The molecule has 4 aliphatic heterocycles. The molecule has 0 spiro atoms. The molecule has 6 saturated carbocycles. The molecular weight excluding hydrogens is 1020 g/mol. The number of rotatable bonds is 10. The molecule has 4 aromatic rings. The molecule has 14 rings (SSSR count). The third-order valence-corrected chi connectivity index (χ3v) is 19.9. The largest absolute Gasteiger partial charge is 0.393 e. The van der Waals surface area contributed by atoms with Crippen LogP contribution in [0.5, 0.6) is 0 Å². The maximum atomic E-state index is 13.5. The van der Waals surface area contributed by atoms with Crippen LogP contribution in [0.15, 0.2) is 48.5 Å². The number of carbonyl (C=O) groups excluding carboxylic acids is 4. The molecule has 6 aliphatic carbocycles. The number of carbonyl (C=O) groups is 4. The lowest BCUT2D eigenvalue weighted by molar-refractivity contribution is -0.143. The number of halogens is 2. The summed E-state index contributed by atoms with van der Waals surface area (Å²) < 4.78 is 153. The number of piperazine rings is 2. The second-order valence-corrected chi connectivity index (χ2v) is 23.6. The number of benzene rings is 2. The molecule has 0 radical (unpaired) electrons. The molecule has 4 saturated heterocycles. The van der Waals surface area contributed by atoms with Crippen LogP contribution in [-0.2, 0) is 19.2 Å². The molecule has 4 bridgehead atoms. The van der Waals surface area contributed by atoms with Crippen LogP contribution in [0.1, 0.15) is 99.0 Å². The van der Waals surface area contributed by atoms with Gasteiger partial charge in [0.1, 0.15) is 11.6 Å². The minimum atomic E-state index is -3.03. The summed E-state index contributed by atoms with van der Waals surface area (Å²) >= 11 is 2.01. The van der Waals surface area contributed by atoms with Crippen molar-refractivity contribution >= 4 is 103 Å². The summed E-state index contributed by atoms with van der Waals surface area (Å²) in [6, 6.07) is 13.6. The van der Waals surface area contributed by atoms with Gasteiger partial charge in [-0.05, 0) is 146 Å². The van der Waals surface area contributed by atoms with Gasteiger partial charge in [-0.3, -0.25) is 38.8 Å². The molecule has 18 heteroatoms. The monoisotopic (exact) mass is 1100 g/mol. The highest BCUT2D eigenvalue weighted by Gasteiger charge is 2.65. The average molecular weight is 1110 g/mol. The van der Waals surface area contributed by atoms with Gasteiger partial charge in [0.05, 0.1) is 56.2 Å². The Hall–Kier alpha value is -3.48. The number of fused-ring (bicyclic) bond motifs is 12. The fraction of sp³-hybridized carbons (Fsp3) is 0.679. The molecule has 2 aromatic heterocycles. The van der Waals surface area contributed by atoms with Gasteiger partial charge in [-0.15, -0.1) is 24.8 Å². The zero-order valence-corrected chi connectivity index (χ0v) is 44.0. The highest BCUT2D eigenvalue weighted by atomic mass is 35.5. The molecule has 10 aliphatic rings. The van der Waals surface area contributed by atoms with Crippen molar-refractivity contribution in [3.05, 3.63) is 48.5 Å². The Morgan fingerprint density at radius 1 is 0.486 bits per heavy atom. The predicted octanol–water partition coefficient (Wildman–Crippen LogP) is 7.30. The van der Waals surface area contributed by atoms with Crippen LogP contribution >= 0.6 is 47.9 Å². The number of hydrogen-bond acceptors (Lipinski definition) is 14. The maximum Gasteiger partial charge on any atom is 0.233 e. The van der Waals surface area contributed by atoms with Crippen LogP contribution in [0.4, 0.5) is 11.6 Å². The summed E-state index contributed by atoms with van der Waals surface area (Å²) in [5.74, 6) is -4.87. The molecule has 400 valence electrons. The van der Waals surface area contributed by atoms with Crippen LogP contribution in [-0.4, -0.2) is 153 Å². The summed E-state index contributed by atoms with van der Waals surface area (Å²) in [5.41, 5.74) is 0. The van der Waals surface area contributed by atoms with Crippen molar-refractivity contribution in [3.63, 3.8) is 0 Å². The van der Waals surface area contributed by atoms with E-state index < -0.39 is 99.7 Å². The molecule has 2 N–H and O–H groups in total. The van der Waals surface area contributed by atoms with Crippen LogP contribution < -0.4 is 9.80 Å². The first-order chi connectivity index (χ1) is 41.2. The lowest BCUT2D eigenvalue weighted by Crippen LogP contribution is -2.49. The Morgan fingerprint density at radius 2 is 0.838 bits per heavy atom. The first kappa shape index (κ1) is 36.6. The molecule has 2 aromatic carbocycles. The third-order valence-electron chi connectivity index (χ3n) is 18.3. The zero-order valence-electron chi connectivity index (χ0n) is 56.8. The van der Waals surface area contributed by atoms with E-state index >= 15 is 0 Å². The summed E-state index contributed by atoms with van der Waals surface area (Å²) in [6.45, 7) is -24.4. The van der Waals surface area contributed by atoms with E-state index in [1.54, 1.807) is 48.5 Å². The van der Waals surface area contributed by atoms with Crippen molar-refractivity contribution in [3.8, 4) is 0 Å². The van der Waals surface area contributed by atoms with Crippen molar-refractivity contribution < 1.29 is 51.3 Å². The normalized spacial score (nSPS) is 44.5. The molecule has 14 nitrogen and oxygen atoms in total. The highest BCUT2D eigenvalue weighted by molar-refractivity contribution is 7.14. The summed E-state index contributed by atoms with van der Waals surface area (Å²) in [6.07, 6.45) is 6.81. The van der Waals surface area contributed by atoms with Gasteiger partial charge in [0.2, 0.25) is 23.6 Å². The number of nitrogens with zero attached hydrogens (tertiary/aromatic N) is 8. The number of aromatic nitrogens is 2. The Morgan fingerprint density at radius 3 is 1.23 bits per heavy atom. The number of imide groups is 2. The Balaban J connectivity index is 0.000000181. The van der Waals surface area contributed by atoms with Crippen LogP contribution in [0.25, 0.3) is 20.2 Å². The van der Waals surface area contributed by atoms with Crippen molar-refractivity contribution in [2.45, 2.75) is 89.3 Å². The number of amides is 4. The van der Waals surface area contributed by atoms with E-state index in [1.807, 2.05) is 0 Å². The lowest BCUT2D eigenvalue weighted by Gasteiger charge is -2.40. The third kappa shape index (κ3) is 9.38. The second-order valence-electron chi connectivity index (χ2n) is 22.0. The van der Waals surface area contributed by atoms with Gasteiger partial charge in [-0.25, -0.2) is 0 Å². The highest BCUT2D eigenvalue weighted by Crippen LogP contribution is 2.58. The Kier molecular flexibility index (Phi) is 10.7. The number of aliphatic hydroxyl groups is 2. The van der Waals surface area contributed by atoms with Crippen molar-refractivity contribution in [2.75, 3.05) is 88.0 Å². The van der Waals surface area contributed by atoms with E-state index in [9.17, 15) is 29.4 Å². The standard InChI is InChI=1S/2C28H36N4O3S.2ClH/c2*33-22-14-19-13-21(22)25-24(19)27(34)32(28(25)35)16-18-6-2-1-5-17(18)15-30-9-11-31(12-10-30)26-20-7-3-4-8-23(20)36-29-26;;/h2*3-4,7-8,17-19,21-22,24-25,33H,1-2,5-6,9-16H2;2*1H/t17-,18-,19+,21-,22+,24-,25+;17-,18-,19-,21+,22-,24+,25-;;/m00../s1/i2*9D2,10D2,11D2,12D2;;. The van der Waals surface area contributed by atoms with E-state index in [0.29, 0.717) is 91.1 Å². The summed E-state index contributed by atoms with van der Waals surface area (Å²) in [4.78, 5) is 58.9. The average Bonchev–Trinajstić information content (AvgIpc) is 1.04. The number of hydrogen-bond donors (Lipinski definition) is 2. The van der Waals surface area contributed by atoms with Crippen LogP contribution in [0.3, 0.4) is 0 Å². The van der Waals surface area contributed by atoms with E-state index in [0.717, 1.165) is 48.7 Å². The molecule has 4 amide bonds. The fourth-order valence-electron chi connectivity index (χ4n) is 14.8. The second kappa shape index (κ2) is 21.7. The number of anilines is 2. The van der Waals surface area contributed by atoms with Gasteiger partial charge >= 0.3 is 0 Å². The Labute approximate surface area is 478 Å². The van der Waals surface area contributed by atoms with Gasteiger partial charge in [-0.2, -0.15) is 8.75 Å². The minimum absolute atomic E-state index is 0. The number of aliphatic hydroxyl groups excluding tert-OH is 2. The van der Waals surface area contributed by atoms with Crippen LogP contribution in [0.2, 0.25) is 0 Å².